The molecule has 0 radical (unpaired) electrons. The fraction of sp³-hybridized carbons (Fsp3) is 0.150. The third-order valence-electron chi connectivity index (χ3n) is 3.37. The molecule has 0 aliphatic carbocycles. The summed E-state index contributed by atoms with van der Waals surface area (Å²) in [5.74, 6) is 2.60. The van der Waals surface area contributed by atoms with Crippen molar-refractivity contribution in [3.05, 3.63) is 59.7 Å². The van der Waals surface area contributed by atoms with Crippen molar-refractivity contribution in [2.75, 3.05) is 20.3 Å². The Morgan fingerprint density at radius 1 is 1.19 bits per heavy atom. The molecule has 0 atom stereocenters. The number of carbonyl (C=O) groups excluding carboxylic acids is 2. The topological polar surface area (TPSA) is 89.0 Å². The Bertz CT molecular complexity index is 854. The maximum atomic E-state index is 12.1. The van der Waals surface area contributed by atoms with Crippen LogP contribution in [-0.4, -0.2) is 38.3 Å². The molecule has 0 saturated heterocycles. The Kier molecular flexibility index (Phi) is 7.42. The molecule has 7 nitrogen and oxygen atoms in total. The van der Waals surface area contributed by atoms with Crippen LogP contribution in [-0.2, 0) is 4.79 Å². The van der Waals surface area contributed by atoms with Crippen molar-refractivity contribution in [3.63, 3.8) is 0 Å². The number of hydrogen-bond acceptors (Lipinski definition) is 5. The first-order chi connectivity index (χ1) is 13.1. The third kappa shape index (κ3) is 6.21. The summed E-state index contributed by atoms with van der Waals surface area (Å²) in [6.07, 6.45) is 6.60. The number of methoxy groups -OCH3 is 1. The highest BCUT2D eigenvalue weighted by Gasteiger charge is 2.12. The van der Waals surface area contributed by atoms with E-state index in [9.17, 15) is 9.59 Å². The van der Waals surface area contributed by atoms with E-state index in [2.05, 4.69) is 21.8 Å². The molecule has 0 aliphatic rings. The molecule has 0 fully saturated rings. The molecule has 0 saturated carbocycles. The molecule has 0 bridgehead atoms. The monoisotopic (exact) mass is 365 g/mol. The zero-order chi connectivity index (χ0) is 19.5. The Hall–Kier alpha value is -3.79. The highest BCUT2D eigenvalue weighted by molar-refractivity contribution is 5.98. The van der Waals surface area contributed by atoms with Gasteiger partial charge in [-0.1, -0.05) is 18.1 Å². The standard InChI is InChI=1S/C20H19N3O4/c1-3-12-27-16-10-8-15(9-11-16)13-22-23-19(24)14-21-20(25)17-6-4-5-7-18(17)26-2/h1,4-11,13H,12,14H2,2H3,(H,21,25)(H,23,24). The zero-order valence-corrected chi connectivity index (χ0v) is 14.8. The van der Waals surface area contributed by atoms with Crippen LogP contribution in [0.3, 0.4) is 0 Å². The quantitative estimate of drug-likeness (QED) is 0.422. The summed E-state index contributed by atoms with van der Waals surface area (Å²) >= 11 is 0. The maximum Gasteiger partial charge on any atom is 0.259 e. The molecule has 2 amide bonds. The van der Waals surface area contributed by atoms with Gasteiger partial charge in [0, 0.05) is 0 Å². The van der Waals surface area contributed by atoms with Gasteiger partial charge >= 0.3 is 0 Å². The van der Waals surface area contributed by atoms with E-state index < -0.39 is 11.8 Å². The van der Waals surface area contributed by atoms with Gasteiger partial charge in [-0.05, 0) is 42.0 Å². The van der Waals surface area contributed by atoms with Gasteiger partial charge in [0.1, 0.15) is 18.1 Å². The predicted octanol–water partition coefficient (Wildman–Crippen LogP) is 1.59. The molecule has 2 aromatic rings. The molecule has 2 rings (SSSR count). The lowest BCUT2D eigenvalue weighted by Gasteiger charge is -2.08. The minimum atomic E-state index is -0.455. The molecule has 0 aromatic heterocycles. The first-order valence-corrected chi connectivity index (χ1v) is 8.03. The molecule has 27 heavy (non-hydrogen) atoms. The molecule has 7 heteroatoms. The predicted molar refractivity (Wildman–Crippen MR) is 102 cm³/mol. The lowest BCUT2D eigenvalue weighted by atomic mass is 10.2. The molecule has 2 aromatic carbocycles. The summed E-state index contributed by atoms with van der Waals surface area (Å²) in [5.41, 5.74) is 3.46. The van der Waals surface area contributed by atoms with Crippen LogP contribution in [0.4, 0.5) is 0 Å². The fourth-order valence-corrected chi connectivity index (χ4v) is 2.08. The highest BCUT2D eigenvalue weighted by atomic mass is 16.5. The number of terminal acetylenes is 1. The van der Waals surface area contributed by atoms with Crippen LogP contribution in [0.15, 0.2) is 53.6 Å². The molecular weight excluding hydrogens is 346 g/mol. The van der Waals surface area contributed by atoms with E-state index in [1.807, 2.05) is 0 Å². The summed E-state index contributed by atoms with van der Waals surface area (Å²) in [5, 5.41) is 6.36. The Morgan fingerprint density at radius 2 is 1.93 bits per heavy atom. The largest absolute Gasteiger partial charge is 0.496 e. The molecule has 138 valence electrons. The van der Waals surface area contributed by atoms with Gasteiger partial charge < -0.3 is 14.8 Å². The normalized spacial score (nSPS) is 10.1. The van der Waals surface area contributed by atoms with E-state index in [0.29, 0.717) is 17.1 Å². The first-order valence-electron chi connectivity index (χ1n) is 8.03. The molecule has 0 spiro atoms. The number of nitrogens with zero attached hydrogens (tertiary/aromatic N) is 1. The number of benzene rings is 2. The van der Waals surface area contributed by atoms with Gasteiger partial charge in [0.05, 0.1) is 25.4 Å². The number of hydrazone groups is 1. The van der Waals surface area contributed by atoms with E-state index in [4.69, 9.17) is 15.9 Å². The molecule has 0 heterocycles. The Labute approximate surface area is 157 Å². The lowest BCUT2D eigenvalue weighted by molar-refractivity contribution is -0.120. The average molecular weight is 365 g/mol. The van der Waals surface area contributed by atoms with Crippen LogP contribution in [0.2, 0.25) is 0 Å². The van der Waals surface area contributed by atoms with Crippen molar-refractivity contribution in [2.45, 2.75) is 0 Å². The van der Waals surface area contributed by atoms with Crippen molar-refractivity contribution >= 4 is 18.0 Å². The summed E-state index contributed by atoms with van der Waals surface area (Å²) in [7, 11) is 1.47. The first kappa shape index (κ1) is 19.5. The highest BCUT2D eigenvalue weighted by Crippen LogP contribution is 2.16. The Morgan fingerprint density at radius 3 is 2.63 bits per heavy atom. The van der Waals surface area contributed by atoms with Crippen molar-refractivity contribution in [2.24, 2.45) is 5.10 Å². The number of hydrogen-bond donors (Lipinski definition) is 2. The van der Waals surface area contributed by atoms with Gasteiger partial charge in [-0.2, -0.15) is 5.10 Å². The van der Waals surface area contributed by atoms with Crippen LogP contribution in [0, 0.1) is 12.3 Å². The van der Waals surface area contributed by atoms with Crippen molar-refractivity contribution in [3.8, 4) is 23.8 Å². The van der Waals surface area contributed by atoms with Crippen molar-refractivity contribution in [1.29, 1.82) is 0 Å². The minimum Gasteiger partial charge on any atom is -0.496 e. The van der Waals surface area contributed by atoms with Crippen LogP contribution in [0.5, 0.6) is 11.5 Å². The second kappa shape index (κ2) is 10.3. The van der Waals surface area contributed by atoms with E-state index in [0.717, 1.165) is 5.56 Å². The summed E-state index contributed by atoms with van der Waals surface area (Å²) in [6, 6.07) is 13.8. The molecular formula is C20H19N3O4. The SMILES string of the molecule is C#CCOc1ccc(C=NNC(=O)CNC(=O)c2ccccc2OC)cc1. The zero-order valence-electron chi connectivity index (χ0n) is 14.8. The summed E-state index contributed by atoms with van der Waals surface area (Å²) < 4.78 is 10.4. The lowest BCUT2D eigenvalue weighted by Crippen LogP contribution is -2.35. The maximum absolute atomic E-state index is 12.1. The third-order valence-corrected chi connectivity index (χ3v) is 3.37. The van der Waals surface area contributed by atoms with Crippen LogP contribution in [0.1, 0.15) is 15.9 Å². The van der Waals surface area contributed by atoms with Gasteiger partial charge in [-0.3, -0.25) is 9.59 Å². The number of rotatable bonds is 8. The van der Waals surface area contributed by atoms with Gasteiger partial charge in [-0.15, -0.1) is 6.42 Å². The van der Waals surface area contributed by atoms with Crippen molar-refractivity contribution < 1.29 is 19.1 Å². The second-order valence-electron chi connectivity index (χ2n) is 5.24. The van der Waals surface area contributed by atoms with E-state index >= 15 is 0 Å². The van der Waals surface area contributed by atoms with Gasteiger partial charge in [-0.25, -0.2) is 5.43 Å². The van der Waals surface area contributed by atoms with Crippen molar-refractivity contribution in [1.82, 2.24) is 10.7 Å². The number of nitrogens with one attached hydrogen (secondary N) is 2. The number of ether oxygens (including phenoxy) is 2. The smallest absolute Gasteiger partial charge is 0.259 e. The molecule has 2 N–H and O–H groups in total. The molecule has 0 aliphatic heterocycles. The van der Waals surface area contributed by atoms with E-state index in [-0.39, 0.29) is 13.2 Å². The van der Waals surface area contributed by atoms with Gasteiger partial charge in [0.15, 0.2) is 0 Å². The Balaban J connectivity index is 1.79. The minimum absolute atomic E-state index is 0.198. The number of para-hydroxylation sites is 1. The van der Waals surface area contributed by atoms with Crippen LogP contribution >= 0.6 is 0 Å². The second-order valence-corrected chi connectivity index (χ2v) is 5.24. The average Bonchev–Trinajstić information content (AvgIpc) is 2.71. The van der Waals surface area contributed by atoms with Crippen LogP contribution < -0.4 is 20.2 Å². The van der Waals surface area contributed by atoms with Gasteiger partial charge in [0.25, 0.3) is 11.8 Å². The van der Waals surface area contributed by atoms with E-state index in [1.165, 1.54) is 13.3 Å². The number of carbonyl (C=O) groups is 2. The van der Waals surface area contributed by atoms with Gasteiger partial charge in [0.2, 0.25) is 0 Å². The molecule has 0 unspecified atom stereocenters. The summed E-state index contributed by atoms with van der Waals surface area (Å²) in [4.78, 5) is 23.9. The summed E-state index contributed by atoms with van der Waals surface area (Å²) in [6.45, 7) is -0.0167. The van der Waals surface area contributed by atoms with Crippen LogP contribution in [0.25, 0.3) is 0 Å². The number of amides is 2. The van der Waals surface area contributed by atoms with E-state index in [1.54, 1.807) is 48.5 Å². The fourth-order valence-electron chi connectivity index (χ4n) is 2.08.